The van der Waals surface area contributed by atoms with E-state index in [0.29, 0.717) is 5.56 Å². The number of hydrogen-bond acceptors (Lipinski definition) is 3. The predicted molar refractivity (Wildman–Crippen MR) is 56.7 cm³/mol. The van der Waals surface area contributed by atoms with E-state index in [1.807, 2.05) is 0 Å². The molecule has 15 heavy (non-hydrogen) atoms. The molecule has 2 N–H and O–H groups in total. The van der Waals surface area contributed by atoms with Crippen LogP contribution < -0.4 is 0 Å². The van der Waals surface area contributed by atoms with Crippen molar-refractivity contribution in [1.82, 2.24) is 9.97 Å². The Bertz CT molecular complexity index is 509. The van der Waals surface area contributed by atoms with Gasteiger partial charge in [-0.25, -0.2) is 4.98 Å². The number of carbonyl (C=O) groups excluding carboxylic acids is 1. The van der Waals surface area contributed by atoms with Gasteiger partial charge < -0.3 is 10.1 Å². The van der Waals surface area contributed by atoms with Crippen LogP contribution in [-0.4, -0.2) is 26.5 Å². The smallest absolute Gasteiger partial charge is 0.193 e. The fraction of sp³-hybridized carbons (Fsp3) is 0.273. The van der Waals surface area contributed by atoms with Gasteiger partial charge in [-0.15, -0.1) is 0 Å². The summed E-state index contributed by atoms with van der Waals surface area (Å²) in [6, 6.07) is 5.12. The van der Waals surface area contributed by atoms with E-state index in [0.717, 1.165) is 11.0 Å². The predicted octanol–water partition coefficient (Wildman–Crippen LogP) is 1.52. The molecule has 4 nitrogen and oxygen atoms in total. The number of carbonyl (C=O) groups is 1. The Balaban J connectivity index is 2.49. The standard InChI is InChI=1S/C11H12N2O2/c1-11(2,15)10(14)7-3-4-8-9(5-7)13-6-12-8/h3-6,15H,1-2H3,(H,12,13). The summed E-state index contributed by atoms with van der Waals surface area (Å²) in [5.41, 5.74) is 0.750. The summed E-state index contributed by atoms with van der Waals surface area (Å²) in [7, 11) is 0. The number of nitrogens with one attached hydrogen (secondary N) is 1. The highest BCUT2D eigenvalue weighted by molar-refractivity contribution is 6.03. The fourth-order valence-electron chi connectivity index (χ4n) is 1.43. The molecule has 4 heteroatoms. The van der Waals surface area contributed by atoms with Crippen LogP contribution in [0.15, 0.2) is 24.5 Å². The number of benzene rings is 1. The highest BCUT2D eigenvalue weighted by Gasteiger charge is 2.25. The maximum Gasteiger partial charge on any atom is 0.193 e. The Morgan fingerprint density at radius 3 is 2.87 bits per heavy atom. The van der Waals surface area contributed by atoms with Crippen LogP contribution in [0.3, 0.4) is 0 Å². The largest absolute Gasteiger partial charge is 0.382 e. The van der Waals surface area contributed by atoms with E-state index in [2.05, 4.69) is 9.97 Å². The lowest BCUT2D eigenvalue weighted by atomic mass is 9.97. The molecular weight excluding hydrogens is 192 g/mol. The van der Waals surface area contributed by atoms with Gasteiger partial charge in [0.05, 0.1) is 17.4 Å². The third kappa shape index (κ3) is 1.76. The number of imidazole rings is 1. The zero-order valence-electron chi connectivity index (χ0n) is 8.61. The summed E-state index contributed by atoms with van der Waals surface area (Å²) in [5, 5.41) is 9.59. The Hall–Kier alpha value is -1.68. The Kier molecular flexibility index (Phi) is 2.08. The van der Waals surface area contributed by atoms with Gasteiger partial charge >= 0.3 is 0 Å². The summed E-state index contributed by atoms with van der Waals surface area (Å²) in [6.45, 7) is 2.96. The number of nitrogens with zero attached hydrogens (tertiary/aromatic N) is 1. The summed E-state index contributed by atoms with van der Waals surface area (Å²) in [5.74, 6) is -0.293. The van der Waals surface area contributed by atoms with Gasteiger partial charge in [-0.05, 0) is 32.0 Å². The molecule has 1 aromatic heterocycles. The van der Waals surface area contributed by atoms with E-state index in [9.17, 15) is 9.90 Å². The number of hydrogen-bond donors (Lipinski definition) is 2. The maximum atomic E-state index is 11.7. The first kappa shape index (κ1) is 9.86. The van der Waals surface area contributed by atoms with Crippen molar-refractivity contribution in [1.29, 1.82) is 0 Å². The molecule has 0 bridgehead atoms. The number of aliphatic hydroxyl groups is 1. The van der Waals surface area contributed by atoms with Crippen molar-refractivity contribution in [3.05, 3.63) is 30.1 Å². The van der Waals surface area contributed by atoms with Gasteiger partial charge in [0.2, 0.25) is 0 Å². The zero-order chi connectivity index (χ0) is 11.1. The number of aromatic nitrogens is 2. The number of aromatic amines is 1. The molecule has 0 unspecified atom stereocenters. The van der Waals surface area contributed by atoms with Gasteiger partial charge in [0.15, 0.2) is 5.78 Å². The van der Waals surface area contributed by atoms with E-state index in [4.69, 9.17) is 0 Å². The Morgan fingerprint density at radius 1 is 1.47 bits per heavy atom. The lowest BCUT2D eigenvalue weighted by Crippen LogP contribution is -2.30. The SMILES string of the molecule is CC(C)(O)C(=O)c1ccc2nc[nH]c2c1. The van der Waals surface area contributed by atoms with Crippen LogP contribution in [-0.2, 0) is 0 Å². The van der Waals surface area contributed by atoms with Crippen LogP contribution in [0.5, 0.6) is 0 Å². The first-order valence-electron chi connectivity index (χ1n) is 4.69. The minimum atomic E-state index is -1.34. The van der Waals surface area contributed by atoms with Crippen molar-refractivity contribution in [3.8, 4) is 0 Å². The topological polar surface area (TPSA) is 66.0 Å². The number of fused-ring (bicyclic) bond motifs is 1. The number of Topliss-reactive ketones (excluding diaryl/α,β-unsaturated/α-hetero) is 1. The second-order valence-corrected chi connectivity index (χ2v) is 4.02. The van der Waals surface area contributed by atoms with Crippen molar-refractivity contribution in [2.24, 2.45) is 0 Å². The highest BCUT2D eigenvalue weighted by atomic mass is 16.3. The average molecular weight is 204 g/mol. The molecule has 0 aliphatic heterocycles. The molecule has 1 heterocycles. The third-order valence-electron chi connectivity index (χ3n) is 2.24. The van der Waals surface area contributed by atoms with E-state index >= 15 is 0 Å². The lowest BCUT2D eigenvalue weighted by molar-refractivity contribution is 0.0488. The maximum absolute atomic E-state index is 11.7. The molecule has 0 fully saturated rings. The Labute approximate surface area is 87.0 Å². The summed E-state index contributed by atoms with van der Waals surface area (Å²) in [6.07, 6.45) is 1.57. The monoisotopic (exact) mass is 204 g/mol. The second-order valence-electron chi connectivity index (χ2n) is 4.02. The average Bonchev–Trinajstić information content (AvgIpc) is 2.61. The first-order valence-corrected chi connectivity index (χ1v) is 4.69. The van der Waals surface area contributed by atoms with Gasteiger partial charge in [-0.1, -0.05) is 0 Å². The molecular formula is C11H12N2O2. The molecule has 0 amide bonds. The van der Waals surface area contributed by atoms with Gasteiger partial charge in [0.25, 0.3) is 0 Å². The van der Waals surface area contributed by atoms with Gasteiger partial charge in [0.1, 0.15) is 5.60 Å². The number of rotatable bonds is 2. The molecule has 1 aromatic carbocycles. The van der Waals surface area contributed by atoms with Crippen LogP contribution in [0, 0.1) is 0 Å². The van der Waals surface area contributed by atoms with Gasteiger partial charge in [-0.2, -0.15) is 0 Å². The molecule has 0 saturated carbocycles. The van der Waals surface area contributed by atoms with Crippen molar-refractivity contribution in [3.63, 3.8) is 0 Å². The highest BCUT2D eigenvalue weighted by Crippen LogP contribution is 2.16. The quantitative estimate of drug-likeness (QED) is 0.729. The molecule has 0 atom stereocenters. The minimum Gasteiger partial charge on any atom is -0.382 e. The number of H-pyrrole nitrogens is 1. The van der Waals surface area contributed by atoms with Gasteiger partial charge in [-0.3, -0.25) is 4.79 Å². The van der Waals surface area contributed by atoms with Crippen molar-refractivity contribution < 1.29 is 9.90 Å². The van der Waals surface area contributed by atoms with E-state index in [1.165, 1.54) is 13.8 Å². The molecule has 0 saturated heterocycles. The van der Waals surface area contributed by atoms with Crippen LogP contribution in [0.2, 0.25) is 0 Å². The van der Waals surface area contributed by atoms with Crippen LogP contribution >= 0.6 is 0 Å². The summed E-state index contributed by atoms with van der Waals surface area (Å²) < 4.78 is 0. The van der Waals surface area contributed by atoms with Crippen molar-refractivity contribution in [2.75, 3.05) is 0 Å². The molecule has 2 aromatic rings. The van der Waals surface area contributed by atoms with Gasteiger partial charge in [0, 0.05) is 5.56 Å². The van der Waals surface area contributed by atoms with E-state index in [1.54, 1.807) is 24.5 Å². The zero-order valence-corrected chi connectivity index (χ0v) is 8.61. The van der Waals surface area contributed by atoms with Crippen LogP contribution in [0.25, 0.3) is 11.0 Å². The normalized spacial score (nSPS) is 11.9. The molecule has 78 valence electrons. The van der Waals surface area contributed by atoms with E-state index in [-0.39, 0.29) is 5.78 Å². The van der Waals surface area contributed by atoms with Crippen molar-refractivity contribution >= 4 is 16.8 Å². The molecule has 0 aliphatic carbocycles. The lowest BCUT2D eigenvalue weighted by Gasteiger charge is -2.15. The summed E-state index contributed by atoms with van der Waals surface area (Å²) in [4.78, 5) is 18.7. The van der Waals surface area contributed by atoms with Crippen LogP contribution in [0.4, 0.5) is 0 Å². The summed E-state index contributed by atoms with van der Waals surface area (Å²) >= 11 is 0. The Morgan fingerprint density at radius 2 is 2.20 bits per heavy atom. The second kappa shape index (κ2) is 3.17. The first-order chi connectivity index (χ1) is 6.98. The van der Waals surface area contributed by atoms with E-state index < -0.39 is 5.60 Å². The number of ketones is 1. The molecule has 2 rings (SSSR count). The van der Waals surface area contributed by atoms with Crippen molar-refractivity contribution in [2.45, 2.75) is 19.4 Å². The molecule has 0 aliphatic rings. The molecule has 0 radical (unpaired) electrons. The third-order valence-corrected chi connectivity index (χ3v) is 2.24. The fourth-order valence-corrected chi connectivity index (χ4v) is 1.43. The minimum absolute atomic E-state index is 0.293. The van der Waals surface area contributed by atoms with Crippen LogP contribution in [0.1, 0.15) is 24.2 Å². The molecule has 0 spiro atoms.